The van der Waals surface area contributed by atoms with Crippen molar-refractivity contribution in [2.75, 3.05) is 12.3 Å². The molecule has 2 nitrogen and oxygen atoms in total. The third-order valence-corrected chi connectivity index (χ3v) is 3.42. The highest BCUT2D eigenvalue weighted by Crippen LogP contribution is 2.19. The average Bonchev–Trinajstić information content (AvgIpc) is 2.21. The summed E-state index contributed by atoms with van der Waals surface area (Å²) in [5.74, 6) is 0.916. The van der Waals surface area contributed by atoms with Gasteiger partial charge in [-0.3, -0.25) is 0 Å². The van der Waals surface area contributed by atoms with Gasteiger partial charge in [0.05, 0.1) is 5.03 Å². The van der Waals surface area contributed by atoms with Crippen molar-refractivity contribution in [3.8, 4) is 0 Å². The molecule has 3 heteroatoms. The fourth-order valence-corrected chi connectivity index (χ4v) is 2.43. The van der Waals surface area contributed by atoms with Gasteiger partial charge in [-0.25, -0.2) is 4.98 Å². The molecule has 0 amide bonds. The summed E-state index contributed by atoms with van der Waals surface area (Å²) in [6.45, 7) is 15.6. The van der Waals surface area contributed by atoms with E-state index in [1.807, 2.05) is 6.92 Å². The number of rotatable bonds is 5. The van der Waals surface area contributed by atoms with E-state index in [2.05, 4.69) is 56.7 Å². The Hall–Kier alpha value is -0.800. The first-order valence-electron chi connectivity index (χ1n) is 6.26. The second-order valence-corrected chi connectivity index (χ2v) is 6.76. The number of hydrogen-bond acceptors (Lipinski definition) is 3. The summed E-state index contributed by atoms with van der Waals surface area (Å²) in [5.41, 5.74) is 3.70. The Kier molecular flexibility index (Phi) is 5.42. The van der Waals surface area contributed by atoms with Gasteiger partial charge in [-0.2, -0.15) is 0 Å². The summed E-state index contributed by atoms with van der Waals surface area (Å²) in [5, 5.41) is 4.53. The number of hydrogen-bond donors (Lipinski definition) is 1. The summed E-state index contributed by atoms with van der Waals surface area (Å²) in [6, 6.07) is 4.22. The Bertz CT molecular complexity index is 399. The maximum atomic E-state index is 4.52. The Balaban J connectivity index is 2.43. The minimum absolute atomic E-state index is 0.145. The Labute approximate surface area is 115 Å². The fourth-order valence-electron chi connectivity index (χ4n) is 1.50. The van der Waals surface area contributed by atoms with Crippen LogP contribution in [0.25, 0.3) is 0 Å². The van der Waals surface area contributed by atoms with E-state index in [-0.39, 0.29) is 5.54 Å². The maximum absolute atomic E-state index is 4.52. The molecule has 0 spiro atoms. The quantitative estimate of drug-likeness (QED) is 0.648. The first-order valence-corrected chi connectivity index (χ1v) is 7.24. The lowest BCUT2D eigenvalue weighted by Gasteiger charge is -2.21. The summed E-state index contributed by atoms with van der Waals surface area (Å²) >= 11 is 1.76. The van der Waals surface area contributed by atoms with E-state index < -0.39 is 0 Å². The van der Waals surface area contributed by atoms with Gasteiger partial charge in [0.15, 0.2) is 0 Å². The SMILES string of the molecule is C=C(CNC(C)(C)C)CSc1cc(C)cc(C)n1. The lowest BCUT2D eigenvalue weighted by molar-refractivity contribution is 0.445. The first kappa shape index (κ1) is 15.3. The van der Waals surface area contributed by atoms with Crippen molar-refractivity contribution in [3.05, 3.63) is 35.5 Å². The van der Waals surface area contributed by atoms with Crippen LogP contribution in [0.15, 0.2) is 29.3 Å². The molecule has 0 unspecified atom stereocenters. The molecular formula is C15H24N2S. The third kappa shape index (κ3) is 6.22. The zero-order chi connectivity index (χ0) is 13.8. The predicted octanol–water partition coefficient (Wildman–Crippen LogP) is 3.73. The van der Waals surface area contributed by atoms with Crippen LogP contribution in [0.4, 0.5) is 0 Å². The molecule has 0 aromatic carbocycles. The van der Waals surface area contributed by atoms with Crippen molar-refractivity contribution in [2.45, 2.75) is 45.2 Å². The van der Waals surface area contributed by atoms with E-state index in [1.165, 1.54) is 11.1 Å². The maximum Gasteiger partial charge on any atom is 0.0968 e. The minimum atomic E-state index is 0.145. The van der Waals surface area contributed by atoms with Gasteiger partial charge in [0, 0.05) is 23.5 Å². The van der Waals surface area contributed by atoms with Gasteiger partial charge >= 0.3 is 0 Å². The van der Waals surface area contributed by atoms with Crippen molar-refractivity contribution in [2.24, 2.45) is 0 Å². The largest absolute Gasteiger partial charge is 0.308 e. The van der Waals surface area contributed by atoms with Crippen LogP contribution in [0, 0.1) is 13.8 Å². The van der Waals surface area contributed by atoms with Gasteiger partial charge in [0.1, 0.15) is 0 Å². The van der Waals surface area contributed by atoms with Crippen LogP contribution >= 0.6 is 11.8 Å². The summed E-state index contributed by atoms with van der Waals surface area (Å²) in [6.07, 6.45) is 0. The van der Waals surface area contributed by atoms with Gasteiger partial charge in [0.25, 0.3) is 0 Å². The Morgan fingerprint density at radius 3 is 2.56 bits per heavy atom. The van der Waals surface area contributed by atoms with Crippen molar-refractivity contribution in [1.82, 2.24) is 10.3 Å². The van der Waals surface area contributed by atoms with E-state index in [0.717, 1.165) is 23.0 Å². The molecule has 1 heterocycles. The number of nitrogens with zero attached hydrogens (tertiary/aromatic N) is 1. The molecule has 1 N–H and O–H groups in total. The lowest BCUT2D eigenvalue weighted by atomic mass is 10.1. The number of thioether (sulfide) groups is 1. The van der Waals surface area contributed by atoms with Crippen molar-refractivity contribution < 1.29 is 0 Å². The molecule has 0 aliphatic heterocycles. The second-order valence-electron chi connectivity index (χ2n) is 5.77. The van der Waals surface area contributed by atoms with Gasteiger partial charge in [0.2, 0.25) is 0 Å². The molecule has 0 fully saturated rings. The smallest absolute Gasteiger partial charge is 0.0968 e. The fraction of sp³-hybridized carbons (Fsp3) is 0.533. The molecule has 0 aliphatic rings. The van der Waals surface area contributed by atoms with Crippen molar-refractivity contribution >= 4 is 11.8 Å². The monoisotopic (exact) mass is 264 g/mol. The molecule has 18 heavy (non-hydrogen) atoms. The van der Waals surface area contributed by atoms with E-state index in [1.54, 1.807) is 11.8 Å². The molecule has 1 rings (SSSR count). The van der Waals surface area contributed by atoms with Gasteiger partial charge in [-0.1, -0.05) is 12.2 Å². The zero-order valence-electron chi connectivity index (χ0n) is 12.1. The van der Waals surface area contributed by atoms with Crippen LogP contribution in [0.5, 0.6) is 0 Å². The molecule has 1 aromatic rings. The predicted molar refractivity (Wildman–Crippen MR) is 81.3 cm³/mol. The van der Waals surface area contributed by atoms with Crippen LogP contribution < -0.4 is 5.32 Å². The zero-order valence-corrected chi connectivity index (χ0v) is 12.9. The number of aryl methyl sites for hydroxylation is 2. The summed E-state index contributed by atoms with van der Waals surface area (Å²) in [7, 11) is 0. The summed E-state index contributed by atoms with van der Waals surface area (Å²) in [4.78, 5) is 4.52. The van der Waals surface area contributed by atoms with E-state index >= 15 is 0 Å². The normalized spacial score (nSPS) is 11.6. The highest BCUT2D eigenvalue weighted by Gasteiger charge is 2.09. The van der Waals surface area contributed by atoms with E-state index in [0.29, 0.717) is 0 Å². The number of pyridine rings is 1. The third-order valence-electron chi connectivity index (χ3n) is 2.37. The average molecular weight is 264 g/mol. The van der Waals surface area contributed by atoms with Crippen LogP contribution in [-0.4, -0.2) is 22.8 Å². The molecule has 0 atom stereocenters. The lowest BCUT2D eigenvalue weighted by Crippen LogP contribution is -2.37. The van der Waals surface area contributed by atoms with Gasteiger partial charge in [-0.15, -0.1) is 11.8 Å². The molecule has 0 saturated heterocycles. The first-order chi connectivity index (χ1) is 8.26. The van der Waals surface area contributed by atoms with Crippen LogP contribution in [-0.2, 0) is 0 Å². The highest BCUT2D eigenvalue weighted by molar-refractivity contribution is 7.99. The summed E-state index contributed by atoms with van der Waals surface area (Å²) < 4.78 is 0. The highest BCUT2D eigenvalue weighted by atomic mass is 32.2. The van der Waals surface area contributed by atoms with E-state index in [9.17, 15) is 0 Å². The molecule has 0 radical (unpaired) electrons. The number of aromatic nitrogens is 1. The Morgan fingerprint density at radius 1 is 1.33 bits per heavy atom. The topological polar surface area (TPSA) is 24.9 Å². The van der Waals surface area contributed by atoms with Crippen LogP contribution in [0.1, 0.15) is 32.0 Å². The molecule has 1 aromatic heterocycles. The minimum Gasteiger partial charge on any atom is -0.308 e. The van der Waals surface area contributed by atoms with E-state index in [4.69, 9.17) is 0 Å². The van der Waals surface area contributed by atoms with Crippen molar-refractivity contribution in [3.63, 3.8) is 0 Å². The molecule has 0 bridgehead atoms. The van der Waals surface area contributed by atoms with Crippen molar-refractivity contribution in [1.29, 1.82) is 0 Å². The van der Waals surface area contributed by atoms with Crippen LogP contribution in [0.3, 0.4) is 0 Å². The van der Waals surface area contributed by atoms with Gasteiger partial charge < -0.3 is 5.32 Å². The number of nitrogens with one attached hydrogen (secondary N) is 1. The standard InChI is InChI=1S/C15H24N2S/c1-11-7-13(3)17-14(8-11)18-10-12(2)9-16-15(4,5)6/h7-8,16H,2,9-10H2,1,3-6H3. The van der Waals surface area contributed by atoms with Gasteiger partial charge in [-0.05, 0) is 52.3 Å². The molecule has 100 valence electrons. The molecule has 0 aliphatic carbocycles. The molecular weight excluding hydrogens is 240 g/mol. The second kappa shape index (κ2) is 6.39. The molecule has 0 saturated carbocycles. The Morgan fingerprint density at radius 2 is 2.00 bits per heavy atom. The van der Waals surface area contributed by atoms with Crippen LogP contribution in [0.2, 0.25) is 0 Å².